The Morgan fingerprint density at radius 3 is 2.52 bits per heavy atom. The summed E-state index contributed by atoms with van der Waals surface area (Å²) in [5.74, 6) is -0.765. The Hall–Kier alpha value is -3.45. The first-order chi connectivity index (χ1) is 16.1. The van der Waals surface area contributed by atoms with Crippen LogP contribution in [-0.4, -0.2) is 43.0 Å². The fourth-order valence-corrected chi connectivity index (χ4v) is 5.15. The number of amides is 2. The summed E-state index contributed by atoms with van der Waals surface area (Å²) in [4.78, 5) is 45.0. The second-order valence-corrected chi connectivity index (χ2v) is 8.32. The Labute approximate surface area is 191 Å². The molecule has 0 fully saturated rings. The standard InChI is InChI=1S/C26H26N2O5/c1-3-14-27-19-12-7-6-11-18(19)26(25(27)31)21-22(29)17-10-5-8-13-20(17)33-23(21)24(30)28(26)15-9-16-32-4-2/h5-8,10-13H,3-4,9,14-16H2,1-2H3/t26-/m1/s1. The van der Waals surface area contributed by atoms with Gasteiger partial charge in [0.1, 0.15) is 5.58 Å². The largest absolute Gasteiger partial charge is 0.450 e. The number of fused-ring (bicyclic) bond motifs is 5. The smallest absolute Gasteiger partial charge is 0.291 e. The van der Waals surface area contributed by atoms with Crippen LogP contribution in [0.25, 0.3) is 11.0 Å². The lowest BCUT2D eigenvalue weighted by Gasteiger charge is -2.34. The molecule has 0 radical (unpaired) electrons. The molecule has 5 rings (SSSR count). The average molecular weight is 447 g/mol. The van der Waals surface area contributed by atoms with Crippen LogP contribution in [0.1, 0.15) is 48.4 Å². The number of anilines is 1. The van der Waals surface area contributed by atoms with Gasteiger partial charge in [-0.1, -0.05) is 37.3 Å². The van der Waals surface area contributed by atoms with Gasteiger partial charge in [-0.3, -0.25) is 14.4 Å². The molecule has 3 heterocycles. The fourth-order valence-electron chi connectivity index (χ4n) is 5.15. The van der Waals surface area contributed by atoms with Crippen molar-refractivity contribution < 1.29 is 18.7 Å². The molecule has 0 bridgehead atoms. The van der Waals surface area contributed by atoms with Gasteiger partial charge in [-0.05, 0) is 38.0 Å². The van der Waals surface area contributed by atoms with E-state index in [1.54, 1.807) is 29.2 Å². The van der Waals surface area contributed by atoms with E-state index in [0.717, 1.165) is 12.1 Å². The Kier molecular flexibility index (Phi) is 5.29. The third-order valence-corrected chi connectivity index (χ3v) is 6.46. The molecule has 170 valence electrons. The molecule has 1 aromatic heterocycles. The van der Waals surface area contributed by atoms with Crippen molar-refractivity contribution in [2.45, 2.75) is 32.2 Å². The number of hydrogen-bond donors (Lipinski definition) is 0. The van der Waals surface area contributed by atoms with Crippen molar-refractivity contribution in [3.8, 4) is 0 Å². The summed E-state index contributed by atoms with van der Waals surface area (Å²) >= 11 is 0. The number of carbonyl (C=O) groups excluding carboxylic acids is 2. The van der Waals surface area contributed by atoms with Crippen LogP contribution in [0.5, 0.6) is 0 Å². The van der Waals surface area contributed by atoms with Gasteiger partial charge in [-0.15, -0.1) is 0 Å². The summed E-state index contributed by atoms with van der Waals surface area (Å²) in [5.41, 5.74) is -0.0331. The number of carbonyl (C=O) groups is 2. The molecule has 1 atom stereocenters. The number of para-hydroxylation sites is 2. The first-order valence-corrected chi connectivity index (χ1v) is 11.4. The van der Waals surface area contributed by atoms with Gasteiger partial charge in [0.15, 0.2) is 11.0 Å². The van der Waals surface area contributed by atoms with Gasteiger partial charge in [-0.2, -0.15) is 0 Å². The van der Waals surface area contributed by atoms with Gasteiger partial charge >= 0.3 is 0 Å². The van der Waals surface area contributed by atoms with Crippen LogP contribution in [0, 0.1) is 0 Å². The van der Waals surface area contributed by atoms with Crippen molar-refractivity contribution >= 4 is 28.5 Å². The Bertz CT molecular complexity index is 1310. The first kappa shape index (κ1) is 21.4. The number of nitrogens with zero attached hydrogens (tertiary/aromatic N) is 2. The maximum absolute atomic E-state index is 14.2. The molecule has 1 spiro atoms. The lowest BCUT2D eigenvalue weighted by molar-refractivity contribution is -0.126. The summed E-state index contributed by atoms with van der Waals surface area (Å²) in [6, 6.07) is 14.3. The van der Waals surface area contributed by atoms with Crippen LogP contribution in [0.2, 0.25) is 0 Å². The average Bonchev–Trinajstić information content (AvgIpc) is 3.22. The van der Waals surface area contributed by atoms with Crippen LogP contribution >= 0.6 is 0 Å². The lowest BCUT2D eigenvalue weighted by Crippen LogP contribution is -2.53. The van der Waals surface area contributed by atoms with Gasteiger partial charge in [-0.25, -0.2) is 0 Å². The van der Waals surface area contributed by atoms with Gasteiger partial charge in [0, 0.05) is 31.9 Å². The van der Waals surface area contributed by atoms with Gasteiger partial charge in [0.25, 0.3) is 11.8 Å². The SMILES string of the molecule is CCCN1C(=O)[C@@]2(c3ccccc31)c1c(oc3ccccc3c1=O)C(=O)N2CCCOCC. The molecule has 0 N–H and O–H groups in total. The van der Waals surface area contributed by atoms with Crippen molar-refractivity contribution in [1.29, 1.82) is 0 Å². The zero-order valence-corrected chi connectivity index (χ0v) is 18.8. The molecular formula is C26H26N2O5. The summed E-state index contributed by atoms with van der Waals surface area (Å²) in [5, 5.41) is 0.360. The van der Waals surface area contributed by atoms with Crippen LogP contribution in [0.3, 0.4) is 0 Å². The molecular weight excluding hydrogens is 420 g/mol. The molecule has 7 nitrogen and oxygen atoms in total. The van der Waals surface area contributed by atoms with Crippen LogP contribution < -0.4 is 10.3 Å². The van der Waals surface area contributed by atoms with E-state index in [9.17, 15) is 14.4 Å². The van der Waals surface area contributed by atoms with E-state index in [2.05, 4.69) is 0 Å². The Morgan fingerprint density at radius 1 is 0.970 bits per heavy atom. The zero-order valence-electron chi connectivity index (χ0n) is 18.8. The molecule has 2 aromatic carbocycles. The minimum absolute atomic E-state index is 0.0448. The normalized spacial score (nSPS) is 19.1. The molecule has 33 heavy (non-hydrogen) atoms. The minimum Gasteiger partial charge on any atom is -0.450 e. The van der Waals surface area contributed by atoms with Crippen molar-refractivity contribution in [3.05, 3.63) is 75.6 Å². The highest BCUT2D eigenvalue weighted by Gasteiger charge is 2.64. The maximum Gasteiger partial charge on any atom is 0.291 e. The van der Waals surface area contributed by atoms with E-state index in [1.165, 1.54) is 4.90 Å². The third-order valence-electron chi connectivity index (χ3n) is 6.46. The molecule has 3 aromatic rings. The summed E-state index contributed by atoms with van der Waals surface area (Å²) < 4.78 is 11.5. The molecule has 0 saturated heterocycles. The second-order valence-electron chi connectivity index (χ2n) is 8.32. The molecule has 0 unspecified atom stereocenters. The minimum atomic E-state index is -1.53. The molecule has 2 amide bonds. The van der Waals surface area contributed by atoms with Crippen molar-refractivity contribution in [2.75, 3.05) is 31.2 Å². The Balaban J connectivity index is 1.80. The highest BCUT2D eigenvalue weighted by molar-refractivity contribution is 6.17. The summed E-state index contributed by atoms with van der Waals surface area (Å²) in [6.45, 7) is 5.68. The molecule has 2 aliphatic heterocycles. The summed E-state index contributed by atoms with van der Waals surface area (Å²) in [7, 11) is 0. The fraction of sp³-hybridized carbons (Fsp3) is 0.346. The quantitative estimate of drug-likeness (QED) is 0.518. The van der Waals surface area contributed by atoms with Crippen LogP contribution in [0.15, 0.2) is 57.7 Å². The van der Waals surface area contributed by atoms with E-state index in [0.29, 0.717) is 42.7 Å². The molecule has 7 heteroatoms. The van der Waals surface area contributed by atoms with Crippen molar-refractivity contribution in [2.24, 2.45) is 0 Å². The number of benzene rings is 2. The number of rotatable bonds is 7. The topological polar surface area (TPSA) is 80.1 Å². The molecule has 2 aliphatic rings. The highest BCUT2D eigenvalue weighted by Crippen LogP contribution is 2.52. The van der Waals surface area contributed by atoms with E-state index in [4.69, 9.17) is 9.15 Å². The summed E-state index contributed by atoms with van der Waals surface area (Å²) in [6.07, 6.45) is 1.28. The Morgan fingerprint density at radius 2 is 1.73 bits per heavy atom. The van der Waals surface area contributed by atoms with E-state index < -0.39 is 11.4 Å². The zero-order chi connectivity index (χ0) is 23.2. The van der Waals surface area contributed by atoms with Crippen LogP contribution in [-0.2, 0) is 15.1 Å². The second kappa shape index (κ2) is 8.15. The van der Waals surface area contributed by atoms with Crippen molar-refractivity contribution in [1.82, 2.24) is 4.90 Å². The van der Waals surface area contributed by atoms with Gasteiger partial charge in [0.05, 0.1) is 16.6 Å². The first-order valence-electron chi connectivity index (χ1n) is 11.4. The lowest BCUT2D eigenvalue weighted by atomic mass is 9.84. The highest BCUT2D eigenvalue weighted by atomic mass is 16.5. The van der Waals surface area contributed by atoms with E-state index >= 15 is 0 Å². The van der Waals surface area contributed by atoms with Crippen molar-refractivity contribution in [3.63, 3.8) is 0 Å². The maximum atomic E-state index is 14.2. The van der Waals surface area contributed by atoms with E-state index in [-0.39, 0.29) is 29.2 Å². The number of ether oxygens (including phenoxy) is 1. The molecule has 0 aliphatic carbocycles. The number of hydrogen-bond acceptors (Lipinski definition) is 5. The monoisotopic (exact) mass is 446 g/mol. The van der Waals surface area contributed by atoms with Gasteiger partial charge in [0.2, 0.25) is 5.76 Å². The van der Waals surface area contributed by atoms with Crippen LogP contribution in [0.4, 0.5) is 5.69 Å². The predicted molar refractivity (Wildman–Crippen MR) is 124 cm³/mol. The van der Waals surface area contributed by atoms with Gasteiger partial charge < -0.3 is 19.0 Å². The molecule has 0 saturated carbocycles. The predicted octanol–water partition coefficient (Wildman–Crippen LogP) is 3.68. The van der Waals surface area contributed by atoms with E-state index in [1.807, 2.05) is 38.1 Å². The third kappa shape index (κ3) is 2.88.